The van der Waals surface area contributed by atoms with Gasteiger partial charge >= 0.3 is 0 Å². The number of aliphatic hydroxyl groups excluding tert-OH is 1. The Kier molecular flexibility index (Phi) is 5.84. The number of hydrogen-bond donors (Lipinski definition) is 1. The van der Waals surface area contributed by atoms with Crippen LogP contribution in [0.1, 0.15) is 36.8 Å². The van der Waals surface area contributed by atoms with Crippen LogP contribution < -0.4 is 0 Å². The Bertz CT molecular complexity index is 527. The van der Waals surface area contributed by atoms with Gasteiger partial charge in [0.05, 0.1) is 6.10 Å². The van der Waals surface area contributed by atoms with E-state index in [0.29, 0.717) is 5.92 Å². The molecule has 1 aliphatic carbocycles. The van der Waals surface area contributed by atoms with Crippen LogP contribution in [0.25, 0.3) is 0 Å². The molecule has 0 bridgehead atoms. The molecular formula is C21H27NO. The van der Waals surface area contributed by atoms with E-state index in [9.17, 15) is 5.11 Å². The molecule has 0 saturated heterocycles. The van der Waals surface area contributed by atoms with Crippen LogP contribution >= 0.6 is 0 Å². The van der Waals surface area contributed by atoms with Gasteiger partial charge in [0.2, 0.25) is 0 Å². The zero-order valence-electron chi connectivity index (χ0n) is 13.8. The van der Waals surface area contributed by atoms with E-state index in [1.54, 1.807) is 0 Å². The molecule has 1 N–H and O–H groups in total. The van der Waals surface area contributed by atoms with Crippen LogP contribution in [0.4, 0.5) is 0 Å². The largest absolute Gasteiger partial charge is 0.393 e. The van der Waals surface area contributed by atoms with Crippen molar-refractivity contribution in [1.82, 2.24) is 4.90 Å². The third-order valence-electron chi connectivity index (χ3n) is 4.77. The van der Waals surface area contributed by atoms with E-state index in [4.69, 9.17) is 0 Å². The zero-order valence-corrected chi connectivity index (χ0v) is 13.8. The summed E-state index contributed by atoms with van der Waals surface area (Å²) in [6.07, 6.45) is 4.26. The summed E-state index contributed by atoms with van der Waals surface area (Å²) in [6.45, 7) is 3.02. The van der Waals surface area contributed by atoms with E-state index >= 15 is 0 Å². The highest BCUT2D eigenvalue weighted by Crippen LogP contribution is 2.26. The van der Waals surface area contributed by atoms with Crippen molar-refractivity contribution in [3.8, 4) is 0 Å². The SMILES string of the molecule is OC1CCCC(CN(Cc2ccccc2)Cc2ccccc2)C1. The molecule has 2 heteroatoms. The lowest BCUT2D eigenvalue weighted by molar-refractivity contribution is 0.0806. The van der Waals surface area contributed by atoms with Gasteiger partial charge in [-0.3, -0.25) is 4.90 Å². The maximum absolute atomic E-state index is 9.95. The van der Waals surface area contributed by atoms with E-state index in [-0.39, 0.29) is 6.10 Å². The average Bonchev–Trinajstić information content (AvgIpc) is 2.57. The van der Waals surface area contributed by atoms with Gasteiger partial charge in [-0.25, -0.2) is 0 Å². The van der Waals surface area contributed by atoms with E-state index in [1.165, 1.54) is 17.5 Å². The molecule has 1 fully saturated rings. The first-order valence-electron chi connectivity index (χ1n) is 8.78. The molecule has 0 spiro atoms. The van der Waals surface area contributed by atoms with Crippen molar-refractivity contribution < 1.29 is 5.11 Å². The smallest absolute Gasteiger partial charge is 0.0543 e. The van der Waals surface area contributed by atoms with Crippen LogP contribution in [0.2, 0.25) is 0 Å². The van der Waals surface area contributed by atoms with Crippen LogP contribution in [-0.4, -0.2) is 22.7 Å². The number of nitrogens with zero attached hydrogens (tertiary/aromatic N) is 1. The Balaban J connectivity index is 1.67. The summed E-state index contributed by atoms with van der Waals surface area (Å²) in [5.41, 5.74) is 2.72. The second kappa shape index (κ2) is 8.28. The fraction of sp³-hybridized carbons (Fsp3) is 0.429. The van der Waals surface area contributed by atoms with Gasteiger partial charge in [0.1, 0.15) is 0 Å². The topological polar surface area (TPSA) is 23.5 Å². The zero-order chi connectivity index (χ0) is 15.9. The summed E-state index contributed by atoms with van der Waals surface area (Å²) < 4.78 is 0. The first-order chi connectivity index (χ1) is 11.3. The molecule has 2 unspecified atom stereocenters. The number of benzene rings is 2. The summed E-state index contributed by atoms with van der Waals surface area (Å²) >= 11 is 0. The Hall–Kier alpha value is -1.64. The lowest BCUT2D eigenvalue weighted by Crippen LogP contribution is -2.32. The molecular weight excluding hydrogens is 282 g/mol. The highest BCUT2D eigenvalue weighted by Gasteiger charge is 2.22. The molecule has 2 atom stereocenters. The Morgan fingerprint density at radius 3 is 1.91 bits per heavy atom. The molecule has 2 aromatic rings. The second-order valence-electron chi connectivity index (χ2n) is 6.83. The minimum atomic E-state index is -0.0935. The first-order valence-corrected chi connectivity index (χ1v) is 8.78. The van der Waals surface area contributed by atoms with Crippen molar-refractivity contribution in [3.05, 3.63) is 71.8 Å². The van der Waals surface area contributed by atoms with Gasteiger partial charge in [0.25, 0.3) is 0 Å². The van der Waals surface area contributed by atoms with E-state index in [1.807, 2.05) is 0 Å². The molecule has 1 saturated carbocycles. The highest BCUT2D eigenvalue weighted by atomic mass is 16.3. The van der Waals surface area contributed by atoms with E-state index < -0.39 is 0 Å². The van der Waals surface area contributed by atoms with Crippen LogP contribution in [0.3, 0.4) is 0 Å². The van der Waals surface area contributed by atoms with Gasteiger partial charge in [-0.1, -0.05) is 67.1 Å². The van der Waals surface area contributed by atoms with E-state index in [0.717, 1.165) is 38.9 Å². The predicted molar refractivity (Wildman–Crippen MR) is 95.0 cm³/mol. The van der Waals surface area contributed by atoms with Crippen LogP contribution in [0.5, 0.6) is 0 Å². The molecule has 2 aromatic carbocycles. The first kappa shape index (κ1) is 16.2. The molecule has 0 aliphatic heterocycles. The molecule has 3 rings (SSSR count). The summed E-state index contributed by atoms with van der Waals surface area (Å²) in [4.78, 5) is 2.54. The third-order valence-corrected chi connectivity index (χ3v) is 4.77. The van der Waals surface area contributed by atoms with Crippen LogP contribution in [0, 0.1) is 5.92 Å². The van der Waals surface area contributed by atoms with Gasteiger partial charge in [-0.15, -0.1) is 0 Å². The quantitative estimate of drug-likeness (QED) is 0.862. The molecule has 0 heterocycles. The van der Waals surface area contributed by atoms with Gasteiger partial charge in [0, 0.05) is 19.6 Å². The summed E-state index contributed by atoms with van der Waals surface area (Å²) in [7, 11) is 0. The Morgan fingerprint density at radius 2 is 1.39 bits per heavy atom. The van der Waals surface area contributed by atoms with Crippen molar-refractivity contribution >= 4 is 0 Å². The summed E-state index contributed by atoms with van der Waals surface area (Å²) in [5, 5.41) is 9.95. The lowest BCUT2D eigenvalue weighted by atomic mass is 9.87. The van der Waals surface area contributed by atoms with E-state index in [2.05, 4.69) is 65.6 Å². The molecule has 0 amide bonds. The second-order valence-corrected chi connectivity index (χ2v) is 6.83. The monoisotopic (exact) mass is 309 g/mol. The number of aliphatic hydroxyl groups is 1. The van der Waals surface area contributed by atoms with Crippen LogP contribution in [0.15, 0.2) is 60.7 Å². The lowest BCUT2D eigenvalue weighted by Gasteiger charge is -2.32. The van der Waals surface area contributed by atoms with Crippen molar-refractivity contribution in [3.63, 3.8) is 0 Å². The number of rotatable bonds is 6. The predicted octanol–water partition coefficient (Wildman–Crippen LogP) is 4.24. The van der Waals surface area contributed by atoms with Crippen molar-refractivity contribution in [2.24, 2.45) is 5.92 Å². The molecule has 0 aromatic heterocycles. The molecule has 122 valence electrons. The third kappa shape index (κ3) is 5.19. The van der Waals surface area contributed by atoms with Crippen molar-refractivity contribution in [2.45, 2.75) is 44.9 Å². The Morgan fingerprint density at radius 1 is 0.826 bits per heavy atom. The normalized spacial score (nSPS) is 21.5. The van der Waals surface area contributed by atoms with Gasteiger partial charge in [0.15, 0.2) is 0 Å². The van der Waals surface area contributed by atoms with Gasteiger partial charge in [-0.05, 0) is 36.3 Å². The summed E-state index contributed by atoms with van der Waals surface area (Å²) in [6, 6.07) is 21.4. The standard InChI is InChI=1S/C21H27NO/c23-21-13-7-12-20(14-21)17-22(15-18-8-3-1-4-9-18)16-19-10-5-2-6-11-19/h1-6,8-11,20-21,23H,7,12-17H2. The molecule has 0 radical (unpaired) electrons. The minimum absolute atomic E-state index is 0.0935. The van der Waals surface area contributed by atoms with Gasteiger partial charge in [-0.2, -0.15) is 0 Å². The maximum Gasteiger partial charge on any atom is 0.0543 e. The van der Waals surface area contributed by atoms with Crippen LogP contribution in [-0.2, 0) is 13.1 Å². The van der Waals surface area contributed by atoms with Gasteiger partial charge < -0.3 is 5.11 Å². The fourth-order valence-electron chi connectivity index (χ4n) is 3.66. The Labute approximate surface area is 139 Å². The van der Waals surface area contributed by atoms with Crippen molar-refractivity contribution in [2.75, 3.05) is 6.54 Å². The minimum Gasteiger partial charge on any atom is -0.393 e. The molecule has 1 aliphatic rings. The highest BCUT2D eigenvalue weighted by molar-refractivity contribution is 5.17. The molecule has 23 heavy (non-hydrogen) atoms. The van der Waals surface area contributed by atoms with Crippen molar-refractivity contribution in [1.29, 1.82) is 0 Å². The fourth-order valence-corrected chi connectivity index (χ4v) is 3.66. The summed E-state index contributed by atoms with van der Waals surface area (Å²) in [5.74, 6) is 0.617. The number of hydrogen-bond acceptors (Lipinski definition) is 2. The average molecular weight is 309 g/mol. The maximum atomic E-state index is 9.95. The molecule has 2 nitrogen and oxygen atoms in total.